The molecule has 0 radical (unpaired) electrons. The molecule has 0 N–H and O–H groups in total. The minimum absolute atomic E-state index is 0.0581. The molecule has 126 valence electrons. The Kier molecular flexibility index (Phi) is 5.58. The summed E-state index contributed by atoms with van der Waals surface area (Å²) >= 11 is 0. The van der Waals surface area contributed by atoms with Crippen LogP contribution in [0.2, 0.25) is 0 Å². The van der Waals surface area contributed by atoms with E-state index in [9.17, 15) is 9.59 Å². The van der Waals surface area contributed by atoms with Crippen molar-refractivity contribution in [1.82, 2.24) is 14.8 Å². The minimum Gasteiger partial charge on any atom is -0.363 e. The van der Waals surface area contributed by atoms with Crippen LogP contribution in [0.5, 0.6) is 0 Å². The number of likely N-dealkylation sites (N-methyl/N-ethyl adjacent to an activating group) is 1. The number of pyridine rings is 1. The zero-order valence-corrected chi connectivity index (χ0v) is 14.5. The second-order valence-electron chi connectivity index (χ2n) is 5.96. The van der Waals surface area contributed by atoms with E-state index < -0.39 is 0 Å². The third kappa shape index (κ3) is 3.63. The fraction of sp³-hybridized carbons (Fsp3) is 0.588. The van der Waals surface area contributed by atoms with Crippen molar-refractivity contribution in [1.29, 1.82) is 0 Å². The lowest BCUT2D eigenvalue weighted by Gasteiger charge is -2.29. The molecule has 2 heterocycles. The molecule has 0 unspecified atom stereocenters. The van der Waals surface area contributed by atoms with Crippen LogP contribution in [0.15, 0.2) is 18.3 Å². The molecule has 1 aliphatic heterocycles. The van der Waals surface area contributed by atoms with Crippen molar-refractivity contribution in [2.75, 3.05) is 38.6 Å². The number of likely N-dealkylation sites (tertiary alicyclic amines) is 1. The molecule has 6 nitrogen and oxygen atoms in total. The van der Waals surface area contributed by atoms with Gasteiger partial charge in [0.25, 0.3) is 5.91 Å². The standard InChI is InChI=1S/C17H26N4O2/c1-5-20(6-2)17(23)14-8-7-11-21(14)16(22)13-9-10-18-15(12-13)19(3)4/h9-10,12,14H,5-8,11H2,1-4H3/t14-/m0/s1. The molecule has 2 amide bonds. The molecule has 1 saturated heterocycles. The lowest BCUT2D eigenvalue weighted by atomic mass is 10.1. The van der Waals surface area contributed by atoms with Gasteiger partial charge < -0.3 is 14.7 Å². The largest absolute Gasteiger partial charge is 0.363 e. The van der Waals surface area contributed by atoms with Gasteiger partial charge in [-0.15, -0.1) is 0 Å². The van der Waals surface area contributed by atoms with Crippen LogP contribution in [0.25, 0.3) is 0 Å². The van der Waals surface area contributed by atoms with Crippen molar-refractivity contribution in [2.24, 2.45) is 0 Å². The van der Waals surface area contributed by atoms with E-state index in [0.29, 0.717) is 25.2 Å². The summed E-state index contributed by atoms with van der Waals surface area (Å²) in [6, 6.07) is 3.16. The van der Waals surface area contributed by atoms with Gasteiger partial charge in [-0.3, -0.25) is 9.59 Å². The highest BCUT2D eigenvalue weighted by Gasteiger charge is 2.36. The number of anilines is 1. The lowest BCUT2D eigenvalue weighted by molar-refractivity contribution is -0.134. The normalized spacial score (nSPS) is 17.2. The summed E-state index contributed by atoms with van der Waals surface area (Å²) in [6.07, 6.45) is 3.25. The molecule has 1 atom stereocenters. The summed E-state index contributed by atoms with van der Waals surface area (Å²) in [5, 5.41) is 0. The Hall–Kier alpha value is -2.11. The Bertz CT molecular complexity index is 569. The Morgan fingerprint density at radius 2 is 2.00 bits per heavy atom. The first-order valence-electron chi connectivity index (χ1n) is 8.22. The summed E-state index contributed by atoms with van der Waals surface area (Å²) in [4.78, 5) is 35.1. The third-order valence-corrected chi connectivity index (χ3v) is 4.32. The maximum Gasteiger partial charge on any atom is 0.254 e. The maximum absolute atomic E-state index is 12.8. The number of nitrogens with zero attached hydrogens (tertiary/aromatic N) is 4. The van der Waals surface area contributed by atoms with E-state index in [1.807, 2.05) is 32.8 Å². The van der Waals surface area contributed by atoms with Crippen LogP contribution >= 0.6 is 0 Å². The van der Waals surface area contributed by atoms with E-state index in [-0.39, 0.29) is 17.9 Å². The lowest BCUT2D eigenvalue weighted by Crippen LogP contribution is -2.47. The third-order valence-electron chi connectivity index (χ3n) is 4.32. The van der Waals surface area contributed by atoms with Crippen LogP contribution in [0.1, 0.15) is 37.0 Å². The quantitative estimate of drug-likeness (QED) is 0.828. The Morgan fingerprint density at radius 1 is 1.30 bits per heavy atom. The van der Waals surface area contributed by atoms with Gasteiger partial charge in [0.2, 0.25) is 5.91 Å². The van der Waals surface area contributed by atoms with Crippen molar-refractivity contribution >= 4 is 17.6 Å². The zero-order valence-electron chi connectivity index (χ0n) is 14.5. The van der Waals surface area contributed by atoms with Gasteiger partial charge >= 0.3 is 0 Å². The van der Waals surface area contributed by atoms with Gasteiger partial charge in [0.1, 0.15) is 11.9 Å². The van der Waals surface area contributed by atoms with E-state index in [1.54, 1.807) is 28.1 Å². The predicted molar refractivity (Wildman–Crippen MR) is 90.6 cm³/mol. The average Bonchev–Trinajstić information content (AvgIpc) is 3.04. The van der Waals surface area contributed by atoms with Gasteiger partial charge in [-0.2, -0.15) is 0 Å². The highest BCUT2D eigenvalue weighted by atomic mass is 16.2. The van der Waals surface area contributed by atoms with Crippen LogP contribution in [-0.2, 0) is 4.79 Å². The van der Waals surface area contributed by atoms with Crippen molar-refractivity contribution in [3.8, 4) is 0 Å². The Morgan fingerprint density at radius 3 is 2.61 bits per heavy atom. The van der Waals surface area contributed by atoms with E-state index in [2.05, 4.69) is 4.98 Å². The van der Waals surface area contributed by atoms with Crippen molar-refractivity contribution in [2.45, 2.75) is 32.7 Å². The summed E-state index contributed by atoms with van der Waals surface area (Å²) in [6.45, 7) is 5.92. The van der Waals surface area contributed by atoms with Gasteiger partial charge in [0.05, 0.1) is 0 Å². The first kappa shape index (κ1) is 17.2. The van der Waals surface area contributed by atoms with Crippen LogP contribution in [-0.4, -0.2) is 66.4 Å². The molecule has 0 saturated carbocycles. The molecule has 2 rings (SSSR count). The first-order chi connectivity index (χ1) is 11.0. The molecule has 1 aromatic heterocycles. The molecular weight excluding hydrogens is 292 g/mol. The molecular formula is C17H26N4O2. The number of carbonyl (C=O) groups excluding carboxylic acids is 2. The van der Waals surface area contributed by atoms with Crippen molar-refractivity contribution < 1.29 is 9.59 Å². The molecule has 6 heteroatoms. The SMILES string of the molecule is CCN(CC)C(=O)[C@@H]1CCCN1C(=O)c1ccnc(N(C)C)c1. The van der Waals surface area contributed by atoms with Crippen LogP contribution in [0.4, 0.5) is 5.82 Å². The Balaban J connectivity index is 2.21. The van der Waals surface area contributed by atoms with Gasteiger partial charge in [-0.1, -0.05) is 0 Å². The van der Waals surface area contributed by atoms with E-state index in [0.717, 1.165) is 18.7 Å². The predicted octanol–water partition coefficient (Wildman–Crippen LogP) is 1.62. The van der Waals surface area contributed by atoms with Crippen LogP contribution in [0, 0.1) is 0 Å². The molecule has 0 aliphatic carbocycles. The summed E-state index contributed by atoms with van der Waals surface area (Å²) in [7, 11) is 3.78. The zero-order chi connectivity index (χ0) is 17.0. The molecule has 23 heavy (non-hydrogen) atoms. The molecule has 0 bridgehead atoms. The molecule has 1 aromatic rings. The number of aromatic nitrogens is 1. The van der Waals surface area contributed by atoms with E-state index in [4.69, 9.17) is 0 Å². The van der Waals surface area contributed by atoms with Gasteiger partial charge in [-0.05, 0) is 38.8 Å². The maximum atomic E-state index is 12.8. The summed E-state index contributed by atoms with van der Waals surface area (Å²) in [5.74, 6) is 0.711. The first-order valence-corrected chi connectivity index (χ1v) is 8.22. The molecule has 1 aliphatic rings. The van der Waals surface area contributed by atoms with Gasteiger partial charge in [-0.25, -0.2) is 4.98 Å². The average molecular weight is 318 g/mol. The topological polar surface area (TPSA) is 56.8 Å². The number of rotatable bonds is 5. The highest BCUT2D eigenvalue weighted by molar-refractivity contribution is 5.98. The highest BCUT2D eigenvalue weighted by Crippen LogP contribution is 2.23. The monoisotopic (exact) mass is 318 g/mol. The number of carbonyl (C=O) groups is 2. The number of hydrogen-bond donors (Lipinski definition) is 0. The van der Waals surface area contributed by atoms with Crippen LogP contribution < -0.4 is 4.90 Å². The molecule has 0 spiro atoms. The van der Waals surface area contributed by atoms with Crippen molar-refractivity contribution in [3.05, 3.63) is 23.9 Å². The van der Waals surface area contributed by atoms with Gasteiger partial charge in [0, 0.05) is 45.5 Å². The van der Waals surface area contributed by atoms with Crippen LogP contribution in [0.3, 0.4) is 0 Å². The van der Waals surface area contributed by atoms with E-state index >= 15 is 0 Å². The number of amides is 2. The Labute approximate surface area is 138 Å². The van der Waals surface area contributed by atoms with E-state index in [1.165, 1.54) is 0 Å². The fourth-order valence-corrected chi connectivity index (χ4v) is 2.97. The second kappa shape index (κ2) is 7.44. The van der Waals surface area contributed by atoms with Crippen molar-refractivity contribution in [3.63, 3.8) is 0 Å². The molecule has 0 aromatic carbocycles. The smallest absolute Gasteiger partial charge is 0.254 e. The fourth-order valence-electron chi connectivity index (χ4n) is 2.97. The summed E-state index contributed by atoms with van der Waals surface area (Å²) < 4.78 is 0. The summed E-state index contributed by atoms with van der Waals surface area (Å²) in [5.41, 5.74) is 0.586. The van der Waals surface area contributed by atoms with Gasteiger partial charge in [0.15, 0.2) is 0 Å². The molecule has 1 fully saturated rings. The second-order valence-corrected chi connectivity index (χ2v) is 5.96. The number of hydrogen-bond acceptors (Lipinski definition) is 4. The minimum atomic E-state index is -0.335.